The largest absolute Gasteiger partial charge is 0.478 e. The van der Waals surface area contributed by atoms with Crippen LogP contribution in [-0.2, 0) is 14.8 Å². The van der Waals surface area contributed by atoms with Gasteiger partial charge in [-0.2, -0.15) is 4.31 Å². The molecule has 2 aromatic carbocycles. The van der Waals surface area contributed by atoms with E-state index in [9.17, 15) is 22.7 Å². The van der Waals surface area contributed by atoms with Crippen LogP contribution in [0.2, 0.25) is 5.02 Å². The molecular formula is C26H30ClFN2O5S. The Morgan fingerprint density at radius 2 is 1.89 bits per heavy atom. The maximum Gasteiger partial charge on any atom is 0.338 e. The number of rotatable bonds is 5. The van der Waals surface area contributed by atoms with Crippen LogP contribution in [0.3, 0.4) is 0 Å². The standard InChI is InChI=1S/C26H30ClFN2O5S/c1-29-24(17-5-3-2-4-6-17)13-30(12-16-14-35-15-16)23-11-21(27)19(10-25(23)36(29,33)34)18-7-8-22(28)20(9-18)26(31)32/h7-11,16-17,24H,2-6,12-15H2,1H3,(H,31,32)/t24-/m0/s1. The zero-order valence-corrected chi connectivity index (χ0v) is 21.7. The van der Waals surface area contributed by atoms with Gasteiger partial charge in [0.25, 0.3) is 0 Å². The second-order valence-corrected chi connectivity index (χ2v) is 12.5. The molecule has 1 aliphatic carbocycles. The summed E-state index contributed by atoms with van der Waals surface area (Å²) in [5.74, 6) is -1.69. The average molecular weight is 537 g/mol. The first kappa shape index (κ1) is 25.4. The third-order valence-corrected chi connectivity index (χ3v) is 10.0. The fourth-order valence-corrected chi connectivity index (χ4v) is 7.58. The molecule has 2 heterocycles. The number of aromatic carboxylic acids is 1. The van der Waals surface area contributed by atoms with Crippen LogP contribution in [0.5, 0.6) is 0 Å². The molecule has 7 nitrogen and oxygen atoms in total. The quantitative estimate of drug-likeness (QED) is 0.586. The van der Waals surface area contributed by atoms with Crippen molar-refractivity contribution in [1.29, 1.82) is 0 Å². The Morgan fingerprint density at radius 1 is 1.17 bits per heavy atom. The Bertz CT molecular complexity index is 1280. The first-order valence-corrected chi connectivity index (χ1v) is 14.2. The molecule has 2 aliphatic heterocycles. The molecule has 0 amide bonds. The number of ether oxygens (including phenoxy) is 1. The number of halogens is 2. The van der Waals surface area contributed by atoms with Gasteiger partial charge in [0, 0.05) is 37.7 Å². The van der Waals surface area contributed by atoms with Crippen LogP contribution in [0.4, 0.5) is 10.1 Å². The summed E-state index contributed by atoms with van der Waals surface area (Å²) < 4.78 is 48.9. The van der Waals surface area contributed by atoms with E-state index in [1.807, 2.05) is 0 Å². The summed E-state index contributed by atoms with van der Waals surface area (Å²) >= 11 is 6.68. The van der Waals surface area contributed by atoms with E-state index in [4.69, 9.17) is 16.3 Å². The number of likely N-dealkylation sites (N-methyl/N-ethyl adjacent to an activating group) is 1. The molecule has 194 valence electrons. The van der Waals surface area contributed by atoms with Crippen molar-refractivity contribution in [2.45, 2.75) is 43.0 Å². The summed E-state index contributed by atoms with van der Waals surface area (Å²) in [5.41, 5.74) is 0.730. The summed E-state index contributed by atoms with van der Waals surface area (Å²) in [6.45, 7) is 2.51. The molecule has 2 fully saturated rings. The van der Waals surface area contributed by atoms with E-state index in [1.54, 1.807) is 13.1 Å². The number of anilines is 1. The van der Waals surface area contributed by atoms with Gasteiger partial charge in [0.2, 0.25) is 10.0 Å². The van der Waals surface area contributed by atoms with Crippen molar-refractivity contribution in [3.8, 4) is 11.1 Å². The molecule has 3 aliphatic rings. The fourth-order valence-electron chi connectivity index (χ4n) is 5.69. The predicted octanol–water partition coefficient (Wildman–Crippen LogP) is 4.88. The molecular weight excluding hydrogens is 507 g/mol. The van der Waals surface area contributed by atoms with E-state index in [-0.39, 0.29) is 21.9 Å². The van der Waals surface area contributed by atoms with Crippen LogP contribution in [-0.4, -0.2) is 63.2 Å². The lowest BCUT2D eigenvalue weighted by molar-refractivity contribution is -0.0280. The van der Waals surface area contributed by atoms with E-state index in [2.05, 4.69) is 4.90 Å². The lowest BCUT2D eigenvalue weighted by Gasteiger charge is -2.39. The monoisotopic (exact) mass is 536 g/mol. The van der Waals surface area contributed by atoms with Crippen molar-refractivity contribution in [1.82, 2.24) is 4.31 Å². The van der Waals surface area contributed by atoms with E-state index >= 15 is 0 Å². The minimum absolute atomic E-state index is 0.129. The summed E-state index contributed by atoms with van der Waals surface area (Å²) in [6, 6.07) is 6.66. The summed E-state index contributed by atoms with van der Waals surface area (Å²) in [4.78, 5) is 13.7. The third kappa shape index (κ3) is 4.62. The molecule has 0 aromatic heterocycles. The maximum absolute atomic E-state index is 14.0. The molecule has 1 saturated carbocycles. The number of benzene rings is 2. The van der Waals surface area contributed by atoms with Gasteiger partial charge in [0.05, 0.1) is 29.5 Å². The highest BCUT2D eigenvalue weighted by atomic mass is 35.5. The Balaban J connectivity index is 1.63. The van der Waals surface area contributed by atoms with Gasteiger partial charge in [0.1, 0.15) is 10.7 Å². The normalized spacial score (nSPS) is 23.1. The Hall–Kier alpha value is -2.20. The highest BCUT2D eigenvalue weighted by molar-refractivity contribution is 7.89. The molecule has 1 atom stereocenters. The number of fused-ring (bicyclic) bond motifs is 1. The summed E-state index contributed by atoms with van der Waals surface area (Å²) in [5, 5.41) is 9.64. The van der Waals surface area contributed by atoms with E-state index < -0.39 is 27.4 Å². The van der Waals surface area contributed by atoms with E-state index in [0.29, 0.717) is 49.0 Å². The van der Waals surface area contributed by atoms with Gasteiger partial charge in [-0.15, -0.1) is 0 Å². The molecule has 2 aromatic rings. The predicted molar refractivity (Wildman–Crippen MR) is 136 cm³/mol. The lowest BCUT2D eigenvalue weighted by Crippen LogP contribution is -2.49. The van der Waals surface area contributed by atoms with Crippen molar-refractivity contribution in [2.24, 2.45) is 11.8 Å². The average Bonchev–Trinajstić information content (AvgIpc) is 2.90. The van der Waals surface area contributed by atoms with E-state index in [1.165, 1.54) is 28.9 Å². The topological polar surface area (TPSA) is 87.2 Å². The van der Waals surface area contributed by atoms with Gasteiger partial charge in [0.15, 0.2) is 0 Å². The lowest BCUT2D eigenvalue weighted by atomic mass is 9.83. The van der Waals surface area contributed by atoms with Crippen LogP contribution >= 0.6 is 11.6 Å². The van der Waals surface area contributed by atoms with Gasteiger partial charge >= 0.3 is 5.97 Å². The zero-order chi connectivity index (χ0) is 25.6. The van der Waals surface area contributed by atoms with Crippen molar-refractivity contribution in [2.75, 3.05) is 38.3 Å². The van der Waals surface area contributed by atoms with Gasteiger partial charge in [-0.3, -0.25) is 0 Å². The number of carboxylic acids is 1. The second-order valence-electron chi connectivity index (χ2n) is 10.1. The SMILES string of the molecule is CN1[C@H](C2CCCCC2)CN(CC2COC2)c2cc(Cl)c(-c3ccc(F)c(C(=O)O)c3)cc2S1(=O)=O. The zero-order valence-electron chi connectivity index (χ0n) is 20.1. The second kappa shape index (κ2) is 9.93. The molecule has 36 heavy (non-hydrogen) atoms. The van der Waals surface area contributed by atoms with E-state index in [0.717, 1.165) is 31.7 Å². The first-order chi connectivity index (χ1) is 17.2. The number of hydrogen-bond donors (Lipinski definition) is 1. The fraction of sp³-hybridized carbons (Fsp3) is 0.500. The highest BCUT2D eigenvalue weighted by Gasteiger charge is 2.41. The number of carboxylic acid groups (broad SMARTS) is 1. The molecule has 10 heteroatoms. The van der Waals surface area contributed by atoms with Crippen molar-refractivity contribution >= 4 is 33.3 Å². The summed E-state index contributed by atoms with van der Waals surface area (Å²) in [6.07, 6.45) is 5.38. The van der Waals surface area contributed by atoms with Crippen LogP contribution in [0.25, 0.3) is 11.1 Å². The van der Waals surface area contributed by atoms with Crippen molar-refractivity contribution in [3.63, 3.8) is 0 Å². The highest BCUT2D eigenvalue weighted by Crippen LogP contribution is 2.43. The number of carbonyl (C=O) groups is 1. The molecule has 0 spiro atoms. The number of sulfonamides is 1. The van der Waals surface area contributed by atoms with Crippen LogP contribution < -0.4 is 4.90 Å². The Labute approximate surface area is 215 Å². The van der Waals surface area contributed by atoms with Gasteiger partial charge in [-0.05, 0) is 48.6 Å². The smallest absolute Gasteiger partial charge is 0.338 e. The molecule has 1 saturated heterocycles. The molecule has 5 rings (SSSR count). The van der Waals surface area contributed by atoms with Crippen molar-refractivity contribution < 1.29 is 27.4 Å². The molecule has 0 radical (unpaired) electrons. The number of nitrogens with zero attached hydrogens (tertiary/aromatic N) is 2. The number of hydrogen-bond acceptors (Lipinski definition) is 5. The van der Waals surface area contributed by atoms with Crippen molar-refractivity contribution in [3.05, 3.63) is 46.7 Å². The molecule has 1 N–H and O–H groups in total. The summed E-state index contributed by atoms with van der Waals surface area (Å²) in [7, 11) is -2.23. The molecule has 0 bridgehead atoms. The van der Waals surface area contributed by atoms with Crippen LogP contribution in [0, 0.1) is 17.7 Å². The minimum Gasteiger partial charge on any atom is -0.478 e. The molecule has 0 unspecified atom stereocenters. The third-order valence-electron chi connectivity index (χ3n) is 7.81. The van der Waals surface area contributed by atoms with Crippen LogP contribution in [0.1, 0.15) is 42.5 Å². The van der Waals surface area contributed by atoms with Crippen LogP contribution in [0.15, 0.2) is 35.2 Å². The first-order valence-electron chi connectivity index (χ1n) is 12.3. The Kier molecular flexibility index (Phi) is 7.02. The maximum atomic E-state index is 14.0. The minimum atomic E-state index is -3.88. The van der Waals surface area contributed by atoms with Gasteiger partial charge in [-0.1, -0.05) is 36.9 Å². The Morgan fingerprint density at radius 3 is 2.53 bits per heavy atom. The van der Waals surface area contributed by atoms with Gasteiger partial charge in [-0.25, -0.2) is 17.6 Å². The van der Waals surface area contributed by atoms with Gasteiger partial charge < -0.3 is 14.7 Å².